The Hall–Kier alpha value is -1.31. The van der Waals surface area contributed by atoms with Gasteiger partial charge in [-0.05, 0) is 110 Å². The Morgan fingerprint density at radius 2 is 1.73 bits per heavy atom. The Morgan fingerprint density at radius 1 is 0.939 bits per heavy atom. The lowest BCUT2D eigenvalue weighted by molar-refractivity contribution is -0.145. The van der Waals surface area contributed by atoms with Gasteiger partial charge in [0, 0.05) is 6.42 Å². The normalized spacial score (nSPS) is 40.9. The molecule has 8 atom stereocenters. The number of esters is 1. The van der Waals surface area contributed by atoms with Crippen LogP contribution in [-0.4, -0.2) is 5.97 Å². The third kappa shape index (κ3) is 4.30. The lowest BCUT2D eigenvalue weighted by Crippen LogP contribution is -2.53. The molecule has 2 heteroatoms. The van der Waals surface area contributed by atoms with Crippen molar-refractivity contribution in [3.8, 4) is 0 Å². The fraction of sp³-hybridized carbons (Fsp3) is 0.774. The van der Waals surface area contributed by atoms with Gasteiger partial charge in [-0.3, -0.25) is 4.79 Å². The first-order chi connectivity index (χ1) is 15.9. The first-order valence-electron chi connectivity index (χ1n) is 14.1. The topological polar surface area (TPSA) is 26.3 Å². The van der Waals surface area contributed by atoms with Gasteiger partial charge < -0.3 is 4.74 Å². The highest BCUT2D eigenvalue weighted by molar-refractivity contribution is 5.69. The van der Waals surface area contributed by atoms with Crippen LogP contribution in [0, 0.1) is 46.3 Å². The lowest BCUT2D eigenvalue weighted by atomic mass is 9.44. The van der Waals surface area contributed by atoms with Crippen molar-refractivity contribution in [2.45, 2.75) is 104 Å². The van der Waals surface area contributed by atoms with Crippen LogP contribution >= 0.6 is 0 Å². The Morgan fingerprint density at radius 3 is 2.55 bits per heavy atom. The molecule has 0 aliphatic heterocycles. The van der Waals surface area contributed by atoms with E-state index in [0.717, 1.165) is 41.6 Å². The van der Waals surface area contributed by atoms with Gasteiger partial charge in [-0.2, -0.15) is 0 Å². The fourth-order valence-electron chi connectivity index (χ4n) is 9.63. The summed E-state index contributed by atoms with van der Waals surface area (Å²) in [7, 11) is 0. The van der Waals surface area contributed by atoms with Gasteiger partial charge in [-0.1, -0.05) is 63.9 Å². The molecule has 0 radical (unpaired) electrons. The van der Waals surface area contributed by atoms with E-state index in [-0.39, 0.29) is 5.97 Å². The number of hydrogen-bond donors (Lipinski definition) is 0. The number of ether oxygens (including phenoxy) is 1. The van der Waals surface area contributed by atoms with E-state index < -0.39 is 0 Å². The second-order valence-corrected chi connectivity index (χ2v) is 12.8. The molecule has 0 N–H and O–H groups in total. The zero-order chi connectivity index (χ0) is 23.1. The van der Waals surface area contributed by atoms with Gasteiger partial charge in [0.15, 0.2) is 0 Å². The van der Waals surface area contributed by atoms with Crippen molar-refractivity contribution >= 4 is 5.97 Å². The molecule has 4 fully saturated rings. The number of benzene rings is 1. The number of carbonyl (C=O) groups is 1. The van der Waals surface area contributed by atoms with Crippen molar-refractivity contribution in [2.24, 2.45) is 46.3 Å². The molecule has 1 aromatic carbocycles. The second kappa shape index (κ2) is 9.38. The average Bonchev–Trinajstić information content (AvgIpc) is 3.19. The number of rotatable bonds is 6. The molecule has 1 unspecified atom stereocenters. The van der Waals surface area contributed by atoms with Crippen molar-refractivity contribution in [3.05, 3.63) is 35.9 Å². The maximum Gasteiger partial charge on any atom is 0.306 e. The van der Waals surface area contributed by atoms with E-state index in [4.69, 9.17) is 4.74 Å². The molecule has 0 saturated heterocycles. The molecule has 4 aliphatic rings. The average molecular weight is 451 g/mol. The molecule has 0 amide bonds. The lowest BCUT2D eigenvalue weighted by Gasteiger charge is -2.61. The maximum atomic E-state index is 12.4. The van der Waals surface area contributed by atoms with Gasteiger partial charge >= 0.3 is 5.97 Å². The molecule has 1 aromatic rings. The van der Waals surface area contributed by atoms with Crippen LogP contribution in [0.1, 0.15) is 103 Å². The summed E-state index contributed by atoms with van der Waals surface area (Å²) in [5, 5.41) is 0. The van der Waals surface area contributed by atoms with Crippen molar-refractivity contribution in [3.63, 3.8) is 0 Å². The second-order valence-electron chi connectivity index (χ2n) is 12.8. The standard InChI is InChI=1S/C31H46O2/c1-22(12-17-29(32)33-21-23-9-5-4-6-10-23)26-15-16-27-25-14-13-24-11-7-8-19-30(24,2)28(25)18-20-31(26,27)3/h4-6,9-10,22,24-28H,7-8,11-21H2,1-3H3/t22-,24?,25+,26-,27+,28+,30+,31-/m1/s1. The van der Waals surface area contributed by atoms with Crippen molar-refractivity contribution < 1.29 is 9.53 Å². The molecule has 0 heterocycles. The van der Waals surface area contributed by atoms with Gasteiger partial charge in [0.25, 0.3) is 0 Å². The largest absolute Gasteiger partial charge is 0.461 e. The highest BCUT2D eigenvalue weighted by atomic mass is 16.5. The van der Waals surface area contributed by atoms with Crippen LogP contribution in [-0.2, 0) is 16.1 Å². The molecule has 0 bridgehead atoms. The molecule has 182 valence electrons. The van der Waals surface area contributed by atoms with Gasteiger partial charge in [0.05, 0.1) is 0 Å². The van der Waals surface area contributed by atoms with Crippen LogP contribution in [0.25, 0.3) is 0 Å². The Labute approximate surface area is 202 Å². The zero-order valence-electron chi connectivity index (χ0n) is 21.4. The first kappa shape index (κ1) is 23.4. The van der Waals surface area contributed by atoms with Gasteiger partial charge in [-0.15, -0.1) is 0 Å². The molecule has 0 aromatic heterocycles. The Kier molecular flexibility index (Phi) is 6.66. The molecule has 4 aliphatic carbocycles. The molecular weight excluding hydrogens is 404 g/mol. The number of fused-ring (bicyclic) bond motifs is 5. The molecule has 33 heavy (non-hydrogen) atoms. The molecule has 4 saturated carbocycles. The third-order valence-corrected chi connectivity index (χ3v) is 11.4. The predicted molar refractivity (Wildman–Crippen MR) is 134 cm³/mol. The zero-order valence-corrected chi connectivity index (χ0v) is 21.4. The summed E-state index contributed by atoms with van der Waals surface area (Å²) >= 11 is 0. The summed E-state index contributed by atoms with van der Waals surface area (Å²) in [6.07, 6.45) is 16.2. The predicted octanol–water partition coefficient (Wildman–Crippen LogP) is 8.20. The quantitative estimate of drug-likeness (QED) is 0.408. The van der Waals surface area contributed by atoms with E-state index in [1.54, 1.807) is 0 Å². The van der Waals surface area contributed by atoms with Crippen molar-refractivity contribution in [1.82, 2.24) is 0 Å². The summed E-state index contributed by atoms with van der Waals surface area (Å²) in [6.45, 7) is 8.16. The van der Waals surface area contributed by atoms with Crippen LogP contribution in [0.5, 0.6) is 0 Å². The van der Waals surface area contributed by atoms with E-state index in [1.807, 2.05) is 30.3 Å². The van der Waals surface area contributed by atoms with E-state index in [0.29, 0.717) is 29.8 Å². The molecule has 0 spiro atoms. The van der Waals surface area contributed by atoms with E-state index >= 15 is 0 Å². The molecular formula is C31H46O2. The van der Waals surface area contributed by atoms with E-state index in [9.17, 15) is 4.79 Å². The minimum absolute atomic E-state index is 0.0299. The Balaban J connectivity index is 1.18. The third-order valence-electron chi connectivity index (χ3n) is 11.4. The summed E-state index contributed by atoms with van der Waals surface area (Å²) in [4.78, 5) is 12.4. The van der Waals surface area contributed by atoms with Crippen LogP contribution in [0.2, 0.25) is 0 Å². The van der Waals surface area contributed by atoms with E-state index in [2.05, 4.69) is 20.8 Å². The summed E-state index contributed by atoms with van der Waals surface area (Å²) in [6, 6.07) is 10.0. The van der Waals surface area contributed by atoms with E-state index in [1.165, 1.54) is 64.2 Å². The summed E-state index contributed by atoms with van der Waals surface area (Å²) in [5.74, 6) is 5.25. The first-order valence-corrected chi connectivity index (χ1v) is 14.1. The smallest absolute Gasteiger partial charge is 0.306 e. The number of carbonyl (C=O) groups excluding carboxylic acids is 1. The summed E-state index contributed by atoms with van der Waals surface area (Å²) in [5.41, 5.74) is 2.20. The fourth-order valence-corrected chi connectivity index (χ4v) is 9.63. The minimum Gasteiger partial charge on any atom is -0.461 e. The minimum atomic E-state index is -0.0299. The number of hydrogen-bond acceptors (Lipinski definition) is 2. The van der Waals surface area contributed by atoms with Crippen molar-refractivity contribution in [2.75, 3.05) is 0 Å². The van der Waals surface area contributed by atoms with Crippen molar-refractivity contribution in [1.29, 1.82) is 0 Å². The molecule has 2 nitrogen and oxygen atoms in total. The highest BCUT2D eigenvalue weighted by Gasteiger charge is 2.60. The SMILES string of the molecule is C[C@H](CCC(=O)OCc1ccccc1)[C@H]1CC[C@H]2[C@@H]3CCC4CCCC[C@]4(C)[C@H]3CC[C@]12C. The van der Waals surface area contributed by atoms with Crippen LogP contribution in [0.4, 0.5) is 0 Å². The highest BCUT2D eigenvalue weighted by Crippen LogP contribution is 2.68. The Bertz CT molecular complexity index is 817. The van der Waals surface area contributed by atoms with Gasteiger partial charge in [0.1, 0.15) is 6.61 Å². The monoisotopic (exact) mass is 450 g/mol. The van der Waals surface area contributed by atoms with Gasteiger partial charge in [0.2, 0.25) is 0 Å². The van der Waals surface area contributed by atoms with Crippen LogP contribution in [0.3, 0.4) is 0 Å². The maximum absolute atomic E-state index is 12.4. The van der Waals surface area contributed by atoms with Crippen LogP contribution in [0.15, 0.2) is 30.3 Å². The van der Waals surface area contributed by atoms with Crippen LogP contribution < -0.4 is 0 Å². The van der Waals surface area contributed by atoms with Gasteiger partial charge in [-0.25, -0.2) is 0 Å². The summed E-state index contributed by atoms with van der Waals surface area (Å²) < 4.78 is 5.57. The molecule has 5 rings (SSSR count).